The third-order valence-electron chi connectivity index (χ3n) is 5.94. The van der Waals surface area contributed by atoms with Crippen molar-refractivity contribution in [2.75, 3.05) is 0 Å². The molecule has 1 N–H and O–H groups in total. The van der Waals surface area contributed by atoms with Crippen molar-refractivity contribution < 1.29 is 4.79 Å². The zero-order valence-electron chi connectivity index (χ0n) is 18.9. The van der Waals surface area contributed by atoms with E-state index in [9.17, 15) is 10.1 Å². The van der Waals surface area contributed by atoms with Crippen LogP contribution in [0, 0.1) is 25.2 Å². The van der Waals surface area contributed by atoms with Crippen LogP contribution in [0.1, 0.15) is 27.9 Å². The van der Waals surface area contributed by atoms with Crippen molar-refractivity contribution in [2.24, 2.45) is 4.99 Å². The van der Waals surface area contributed by atoms with Gasteiger partial charge in [0.25, 0.3) is 5.91 Å². The van der Waals surface area contributed by atoms with Gasteiger partial charge in [0.15, 0.2) is 5.17 Å². The van der Waals surface area contributed by atoms with Gasteiger partial charge < -0.3 is 9.88 Å². The lowest BCUT2D eigenvalue weighted by Gasteiger charge is -2.10. The van der Waals surface area contributed by atoms with Crippen molar-refractivity contribution >= 4 is 45.5 Å². The molecule has 1 saturated heterocycles. The van der Waals surface area contributed by atoms with Crippen molar-refractivity contribution in [1.29, 1.82) is 5.26 Å². The number of aliphatic imine (C=N–C) groups is 1. The highest BCUT2D eigenvalue weighted by Gasteiger charge is 2.25. The summed E-state index contributed by atoms with van der Waals surface area (Å²) in [6.07, 6.45) is 1.95. The van der Waals surface area contributed by atoms with E-state index in [1.54, 1.807) is 0 Å². The topological polar surface area (TPSA) is 70.2 Å². The first kappa shape index (κ1) is 21.7. The third kappa shape index (κ3) is 4.14. The van der Waals surface area contributed by atoms with Crippen LogP contribution in [-0.2, 0) is 11.3 Å². The van der Waals surface area contributed by atoms with Crippen LogP contribution in [0.4, 0.5) is 5.69 Å². The van der Waals surface area contributed by atoms with E-state index < -0.39 is 0 Å². The van der Waals surface area contributed by atoms with Crippen molar-refractivity contribution in [2.45, 2.75) is 20.4 Å². The van der Waals surface area contributed by atoms with E-state index in [0.717, 1.165) is 39.0 Å². The first-order valence-corrected chi connectivity index (χ1v) is 11.8. The number of thioether (sulfide) groups is 1. The molecule has 1 aromatic heterocycles. The molecule has 1 aliphatic heterocycles. The number of nitriles is 1. The Balaban J connectivity index is 1.53. The van der Waals surface area contributed by atoms with Gasteiger partial charge in [0, 0.05) is 28.7 Å². The van der Waals surface area contributed by atoms with E-state index in [0.29, 0.717) is 22.2 Å². The largest absolute Gasteiger partial charge is 0.340 e. The molecule has 1 fully saturated rings. The smallest absolute Gasteiger partial charge is 0.264 e. The Hall–Kier alpha value is -4.08. The maximum absolute atomic E-state index is 12.7. The molecule has 34 heavy (non-hydrogen) atoms. The van der Waals surface area contributed by atoms with E-state index in [-0.39, 0.29) is 5.91 Å². The molecule has 0 aliphatic carbocycles. The number of fused-ring (bicyclic) bond motifs is 1. The monoisotopic (exact) mass is 462 g/mol. The number of aromatic nitrogens is 1. The third-order valence-corrected chi connectivity index (χ3v) is 6.85. The fraction of sp³-hybridized carbons (Fsp3) is 0.107. The van der Waals surface area contributed by atoms with Gasteiger partial charge in [-0.25, -0.2) is 4.99 Å². The van der Waals surface area contributed by atoms with Gasteiger partial charge in [-0.05, 0) is 61.5 Å². The SMILES string of the molecule is Cc1ccc(N=C2NC(=O)/C(=C\c3c(C)n(Cc4ccccc4C#N)c4ccccc34)S2)cc1. The van der Waals surface area contributed by atoms with E-state index >= 15 is 0 Å². The molecule has 0 atom stereocenters. The van der Waals surface area contributed by atoms with E-state index in [1.807, 2.05) is 73.7 Å². The Morgan fingerprint density at radius 2 is 1.76 bits per heavy atom. The van der Waals surface area contributed by atoms with Crippen LogP contribution in [0.5, 0.6) is 0 Å². The highest BCUT2D eigenvalue weighted by Crippen LogP contribution is 2.33. The molecule has 1 amide bonds. The van der Waals surface area contributed by atoms with Gasteiger partial charge in [-0.3, -0.25) is 4.79 Å². The van der Waals surface area contributed by atoms with Gasteiger partial charge in [0.1, 0.15) is 0 Å². The molecule has 0 bridgehead atoms. The number of hydrogen-bond acceptors (Lipinski definition) is 4. The van der Waals surface area contributed by atoms with Gasteiger partial charge in [-0.15, -0.1) is 0 Å². The van der Waals surface area contributed by atoms with Crippen LogP contribution in [0.3, 0.4) is 0 Å². The first-order chi connectivity index (χ1) is 16.5. The fourth-order valence-corrected chi connectivity index (χ4v) is 4.95. The van der Waals surface area contributed by atoms with Gasteiger partial charge in [0.05, 0.1) is 22.2 Å². The van der Waals surface area contributed by atoms with E-state index in [1.165, 1.54) is 11.8 Å². The Labute approximate surface area is 202 Å². The van der Waals surface area contributed by atoms with Crippen LogP contribution in [-0.4, -0.2) is 15.6 Å². The van der Waals surface area contributed by atoms with Crippen molar-refractivity contribution in [3.05, 3.63) is 106 Å². The molecular weight excluding hydrogens is 440 g/mol. The number of nitrogens with one attached hydrogen (secondary N) is 1. The number of amidine groups is 1. The minimum atomic E-state index is -0.151. The highest BCUT2D eigenvalue weighted by atomic mass is 32.2. The summed E-state index contributed by atoms with van der Waals surface area (Å²) in [7, 11) is 0. The average Bonchev–Trinajstić information content (AvgIpc) is 3.32. The molecule has 5 rings (SSSR count). The Morgan fingerprint density at radius 3 is 2.56 bits per heavy atom. The zero-order chi connectivity index (χ0) is 23.7. The Kier molecular flexibility index (Phi) is 5.79. The number of rotatable bonds is 4. The number of hydrogen-bond donors (Lipinski definition) is 1. The van der Waals surface area contributed by atoms with Crippen LogP contribution < -0.4 is 5.32 Å². The second-order valence-electron chi connectivity index (χ2n) is 8.19. The minimum absolute atomic E-state index is 0.151. The lowest BCUT2D eigenvalue weighted by molar-refractivity contribution is -0.115. The summed E-state index contributed by atoms with van der Waals surface area (Å²) >= 11 is 1.35. The lowest BCUT2D eigenvalue weighted by Crippen LogP contribution is -2.19. The summed E-state index contributed by atoms with van der Waals surface area (Å²) in [4.78, 5) is 17.9. The van der Waals surface area contributed by atoms with Crippen molar-refractivity contribution in [3.63, 3.8) is 0 Å². The van der Waals surface area contributed by atoms with Gasteiger partial charge in [0.2, 0.25) is 0 Å². The summed E-state index contributed by atoms with van der Waals surface area (Å²) < 4.78 is 2.21. The van der Waals surface area contributed by atoms with Gasteiger partial charge in [-0.1, -0.05) is 54.1 Å². The number of carbonyl (C=O) groups excluding carboxylic acids is 1. The zero-order valence-corrected chi connectivity index (χ0v) is 19.7. The maximum atomic E-state index is 12.7. The molecule has 5 nitrogen and oxygen atoms in total. The summed E-state index contributed by atoms with van der Waals surface area (Å²) in [5.41, 5.74) is 6.71. The quantitative estimate of drug-likeness (QED) is 0.374. The molecule has 0 spiro atoms. The van der Waals surface area contributed by atoms with Crippen LogP contribution in [0.25, 0.3) is 17.0 Å². The van der Waals surface area contributed by atoms with E-state index in [4.69, 9.17) is 0 Å². The van der Waals surface area contributed by atoms with Crippen LogP contribution in [0.15, 0.2) is 82.7 Å². The molecule has 0 unspecified atom stereocenters. The van der Waals surface area contributed by atoms with Crippen LogP contribution in [0.2, 0.25) is 0 Å². The van der Waals surface area contributed by atoms with Crippen molar-refractivity contribution in [3.8, 4) is 6.07 Å². The lowest BCUT2D eigenvalue weighted by atomic mass is 10.1. The highest BCUT2D eigenvalue weighted by molar-refractivity contribution is 8.18. The second-order valence-corrected chi connectivity index (χ2v) is 9.22. The molecule has 6 heteroatoms. The van der Waals surface area contributed by atoms with E-state index in [2.05, 4.69) is 40.0 Å². The average molecular weight is 463 g/mol. The molecular formula is C28H22N4OS. The molecule has 1 aliphatic rings. The molecule has 0 saturated carbocycles. The number of amides is 1. The number of benzene rings is 3. The molecule has 0 radical (unpaired) electrons. The Morgan fingerprint density at radius 1 is 1.03 bits per heavy atom. The number of carbonyl (C=O) groups is 1. The predicted octanol–water partition coefficient (Wildman–Crippen LogP) is 6.07. The summed E-state index contributed by atoms with van der Waals surface area (Å²) in [5.74, 6) is -0.151. The van der Waals surface area contributed by atoms with Crippen molar-refractivity contribution in [1.82, 2.24) is 9.88 Å². The number of para-hydroxylation sites is 1. The number of nitrogens with zero attached hydrogens (tertiary/aromatic N) is 3. The summed E-state index contributed by atoms with van der Waals surface area (Å²) in [6, 6.07) is 26.0. The van der Waals surface area contributed by atoms with Gasteiger partial charge in [-0.2, -0.15) is 5.26 Å². The summed E-state index contributed by atoms with van der Waals surface area (Å²) in [6.45, 7) is 4.67. The Bertz CT molecular complexity index is 1520. The number of aryl methyl sites for hydroxylation is 1. The fourth-order valence-electron chi connectivity index (χ4n) is 4.13. The first-order valence-electron chi connectivity index (χ1n) is 11.0. The minimum Gasteiger partial charge on any atom is -0.340 e. The predicted molar refractivity (Wildman–Crippen MR) is 139 cm³/mol. The normalized spacial score (nSPS) is 15.7. The molecule has 3 aromatic carbocycles. The van der Waals surface area contributed by atoms with Crippen LogP contribution >= 0.6 is 11.8 Å². The summed E-state index contributed by atoms with van der Waals surface area (Å²) in [5, 5.41) is 14.0. The maximum Gasteiger partial charge on any atom is 0.264 e. The van der Waals surface area contributed by atoms with Gasteiger partial charge >= 0.3 is 0 Å². The molecule has 4 aromatic rings. The standard InChI is InChI=1S/C28H22N4OS/c1-18-11-13-22(14-12-18)30-28-31-27(33)26(34-28)15-24-19(2)32(25-10-6-5-9-23(24)25)17-21-8-4-3-7-20(21)16-29/h3-15H,17H2,1-2H3,(H,30,31,33)/b26-15+. The molecule has 166 valence electrons. The molecule has 2 heterocycles. The second kappa shape index (κ2) is 9.05.